The fourth-order valence-electron chi connectivity index (χ4n) is 1.57. The Kier molecular flexibility index (Phi) is 3.26. The zero-order chi connectivity index (χ0) is 13.0. The number of carbonyl (C=O) groups is 1. The number of amides is 1. The summed E-state index contributed by atoms with van der Waals surface area (Å²) in [5.74, 6) is -0.289. The highest BCUT2D eigenvalue weighted by atomic mass is 16.1. The van der Waals surface area contributed by atoms with Crippen LogP contribution in [0.3, 0.4) is 0 Å². The van der Waals surface area contributed by atoms with Gasteiger partial charge in [0.05, 0.1) is 17.2 Å². The lowest BCUT2D eigenvalue weighted by Gasteiger charge is -2.07. The number of carbonyl (C=O) groups excluding carboxylic acids is 1. The first kappa shape index (κ1) is 11.7. The first-order valence-corrected chi connectivity index (χ1v) is 5.37. The monoisotopic (exact) mass is 237 g/mol. The smallest absolute Gasteiger partial charge is 0.257 e. The zero-order valence-electron chi connectivity index (χ0n) is 9.55. The van der Waals surface area contributed by atoms with E-state index in [4.69, 9.17) is 11.0 Å². The van der Waals surface area contributed by atoms with Gasteiger partial charge in [-0.3, -0.25) is 4.79 Å². The van der Waals surface area contributed by atoms with Crippen LogP contribution in [0.2, 0.25) is 0 Å². The summed E-state index contributed by atoms with van der Waals surface area (Å²) in [6.07, 6.45) is 0. The first-order valence-electron chi connectivity index (χ1n) is 5.37. The van der Waals surface area contributed by atoms with E-state index in [0.717, 1.165) is 0 Å². The molecule has 0 radical (unpaired) electrons. The van der Waals surface area contributed by atoms with Crippen LogP contribution in [0.4, 0.5) is 11.4 Å². The summed E-state index contributed by atoms with van der Waals surface area (Å²) in [7, 11) is 0. The predicted octanol–water partition coefficient (Wildman–Crippen LogP) is 2.39. The SMILES string of the molecule is N#Cc1cccc(NC(=O)c2ccccc2N)c1. The van der Waals surface area contributed by atoms with Crippen LogP contribution in [-0.4, -0.2) is 5.91 Å². The van der Waals surface area contributed by atoms with Crippen LogP contribution >= 0.6 is 0 Å². The van der Waals surface area contributed by atoms with Gasteiger partial charge in [0.2, 0.25) is 0 Å². The molecule has 0 aliphatic rings. The number of hydrogen-bond donors (Lipinski definition) is 2. The fourth-order valence-corrected chi connectivity index (χ4v) is 1.57. The van der Waals surface area contributed by atoms with Crippen molar-refractivity contribution in [3.8, 4) is 6.07 Å². The second-order valence-corrected chi connectivity index (χ2v) is 3.73. The van der Waals surface area contributed by atoms with Gasteiger partial charge in [0.15, 0.2) is 0 Å². The second kappa shape index (κ2) is 5.02. The number of rotatable bonds is 2. The quantitative estimate of drug-likeness (QED) is 0.787. The number of nitrogens with one attached hydrogen (secondary N) is 1. The summed E-state index contributed by atoms with van der Waals surface area (Å²) in [6, 6.07) is 15.6. The van der Waals surface area contributed by atoms with Crippen molar-refractivity contribution in [3.63, 3.8) is 0 Å². The maximum absolute atomic E-state index is 12.0. The Morgan fingerprint density at radius 1 is 1.17 bits per heavy atom. The third-order valence-corrected chi connectivity index (χ3v) is 2.45. The number of nitrogens with two attached hydrogens (primary N) is 1. The minimum atomic E-state index is -0.289. The zero-order valence-corrected chi connectivity index (χ0v) is 9.55. The molecule has 18 heavy (non-hydrogen) atoms. The van der Waals surface area contributed by atoms with Gasteiger partial charge in [0.1, 0.15) is 0 Å². The topological polar surface area (TPSA) is 78.9 Å². The van der Waals surface area contributed by atoms with Crippen molar-refractivity contribution in [3.05, 3.63) is 59.7 Å². The lowest BCUT2D eigenvalue weighted by molar-refractivity contribution is 0.102. The molecule has 88 valence electrons. The summed E-state index contributed by atoms with van der Waals surface area (Å²) in [5, 5.41) is 11.5. The molecule has 2 aromatic carbocycles. The number of para-hydroxylation sites is 1. The molecule has 0 aliphatic heterocycles. The number of hydrogen-bond acceptors (Lipinski definition) is 3. The van der Waals surface area contributed by atoms with Crippen LogP contribution in [-0.2, 0) is 0 Å². The molecule has 0 fully saturated rings. The summed E-state index contributed by atoms with van der Waals surface area (Å²) in [6.45, 7) is 0. The van der Waals surface area contributed by atoms with Gasteiger partial charge in [0.25, 0.3) is 5.91 Å². The van der Waals surface area contributed by atoms with E-state index in [1.165, 1.54) is 0 Å². The summed E-state index contributed by atoms with van der Waals surface area (Å²) in [5.41, 5.74) is 7.62. The Labute approximate surface area is 105 Å². The van der Waals surface area contributed by atoms with Crippen molar-refractivity contribution < 1.29 is 4.79 Å². The third kappa shape index (κ3) is 2.47. The van der Waals surface area contributed by atoms with Gasteiger partial charge in [0, 0.05) is 11.4 Å². The van der Waals surface area contributed by atoms with Gasteiger partial charge < -0.3 is 11.1 Å². The Morgan fingerprint density at radius 2 is 1.94 bits per heavy atom. The minimum Gasteiger partial charge on any atom is -0.398 e. The summed E-state index contributed by atoms with van der Waals surface area (Å²) in [4.78, 5) is 12.0. The van der Waals surface area contributed by atoms with Gasteiger partial charge in [-0.05, 0) is 30.3 Å². The summed E-state index contributed by atoms with van der Waals surface area (Å²) >= 11 is 0. The highest BCUT2D eigenvalue weighted by Gasteiger charge is 2.09. The van der Waals surface area contributed by atoms with Crippen molar-refractivity contribution in [1.82, 2.24) is 0 Å². The molecule has 0 atom stereocenters. The Bertz CT molecular complexity index is 629. The van der Waals surface area contributed by atoms with E-state index in [1.54, 1.807) is 48.5 Å². The highest BCUT2D eigenvalue weighted by Crippen LogP contribution is 2.15. The van der Waals surface area contributed by atoms with Gasteiger partial charge in [-0.1, -0.05) is 18.2 Å². The van der Waals surface area contributed by atoms with Gasteiger partial charge in [-0.25, -0.2) is 0 Å². The highest BCUT2D eigenvalue weighted by molar-refractivity contribution is 6.07. The molecule has 0 spiro atoms. The molecule has 1 amide bonds. The van der Waals surface area contributed by atoms with E-state index in [1.807, 2.05) is 6.07 Å². The van der Waals surface area contributed by atoms with Crippen LogP contribution in [0.25, 0.3) is 0 Å². The van der Waals surface area contributed by atoms with E-state index < -0.39 is 0 Å². The molecular weight excluding hydrogens is 226 g/mol. The van der Waals surface area contributed by atoms with E-state index in [0.29, 0.717) is 22.5 Å². The molecule has 0 unspecified atom stereocenters. The van der Waals surface area contributed by atoms with E-state index in [9.17, 15) is 4.79 Å². The van der Waals surface area contributed by atoms with E-state index in [-0.39, 0.29) is 5.91 Å². The van der Waals surface area contributed by atoms with Crippen LogP contribution in [0.5, 0.6) is 0 Å². The molecule has 4 nitrogen and oxygen atoms in total. The lowest BCUT2D eigenvalue weighted by atomic mass is 10.1. The molecule has 4 heteroatoms. The Hall–Kier alpha value is -2.80. The van der Waals surface area contributed by atoms with Crippen molar-refractivity contribution in [2.24, 2.45) is 0 Å². The van der Waals surface area contributed by atoms with E-state index >= 15 is 0 Å². The molecule has 3 N–H and O–H groups in total. The molecule has 0 saturated heterocycles. The third-order valence-electron chi connectivity index (χ3n) is 2.45. The average Bonchev–Trinajstić information content (AvgIpc) is 2.39. The van der Waals surface area contributed by atoms with Crippen LogP contribution in [0.15, 0.2) is 48.5 Å². The number of benzene rings is 2. The number of nitrogens with zero attached hydrogens (tertiary/aromatic N) is 1. The number of nitriles is 1. The normalized spacial score (nSPS) is 9.50. The van der Waals surface area contributed by atoms with Gasteiger partial charge in [-0.2, -0.15) is 5.26 Å². The minimum absolute atomic E-state index is 0.289. The molecule has 2 rings (SSSR count). The lowest BCUT2D eigenvalue weighted by Crippen LogP contribution is -2.13. The molecular formula is C14H11N3O. The Balaban J connectivity index is 2.22. The largest absolute Gasteiger partial charge is 0.398 e. The number of anilines is 2. The molecule has 0 aromatic heterocycles. The molecule has 0 heterocycles. The van der Waals surface area contributed by atoms with Crippen LogP contribution in [0.1, 0.15) is 15.9 Å². The molecule has 0 bridgehead atoms. The fraction of sp³-hybridized carbons (Fsp3) is 0. The molecule has 0 aliphatic carbocycles. The van der Waals surface area contributed by atoms with Crippen LogP contribution < -0.4 is 11.1 Å². The maximum Gasteiger partial charge on any atom is 0.257 e. The van der Waals surface area contributed by atoms with Crippen LogP contribution in [0, 0.1) is 11.3 Å². The predicted molar refractivity (Wildman–Crippen MR) is 70.0 cm³/mol. The van der Waals surface area contributed by atoms with Gasteiger partial charge in [-0.15, -0.1) is 0 Å². The van der Waals surface area contributed by atoms with Gasteiger partial charge >= 0.3 is 0 Å². The van der Waals surface area contributed by atoms with E-state index in [2.05, 4.69) is 5.32 Å². The second-order valence-electron chi connectivity index (χ2n) is 3.73. The van der Waals surface area contributed by atoms with Crippen molar-refractivity contribution in [2.75, 3.05) is 11.1 Å². The van der Waals surface area contributed by atoms with Crippen molar-refractivity contribution in [1.29, 1.82) is 5.26 Å². The number of nitrogen functional groups attached to an aromatic ring is 1. The first-order chi connectivity index (χ1) is 8.70. The summed E-state index contributed by atoms with van der Waals surface area (Å²) < 4.78 is 0. The van der Waals surface area contributed by atoms with Crippen molar-refractivity contribution >= 4 is 17.3 Å². The molecule has 2 aromatic rings. The van der Waals surface area contributed by atoms with Crippen molar-refractivity contribution in [2.45, 2.75) is 0 Å². The standard InChI is InChI=1S/C14H11N3O/c15-9-10-4-3-5-11(8-10)17-14(18)12-6-1-2-7-13(12)16/h1-8H,16H2,(H,17,18). The molecule has 0 saturated carbocycles. The maximum atomic E-state index is 12.0. The average molecular weight is 237 g/mol. The Morgan fingerprint density at radius 3 is 2.67 bits per heavy atom.